The van der Waals surface area contributed by atoms with E-state index < -0.39 is 0 Å². The molecule has 1 amide bonds. The number of rotatable bonds is 3. The fourth-order valence-electron chi connectivity index (χ4n) is 2.63. The van der Waals surface area contributed by atoms with Gasteiger partial charge in [-0.3, -0.25) is 4.79 Å². The Morgan fingerprint density at radius 3 is 2.30 bits per heavy atom. The number of anilines is 2. The molecular weight excluding hydrogens is 295 g/mol. The number of hydrogen-bond acceptors (Lipinski definition) is 4. The van der Waals surface area contributed by atoms with Crippen LogP contribution in [-0.4, -0.2) is 29.0 Å². The van der Waals surface area contributed by atoms with Gasteiger partial charge < -0.3 is 10.2 Å². The summed E-state index contributed by atoms with van der Waals surface area (Å²) in [5.41, 5.74) is 0.766. The highest BCUT2D eigenvalue weighted by Gasteiger charge is 2.13. The average Bonchev–Trinajstić information content (AvgIpc) is 2.86. The van der Waals surface area contributed by atoms with Crippen LogP contribution in [0.25, 0.3) is 0 Å². The minimum absolute atomic E-state index is 0.243. The number of carbonyl (C=O) groups excluding carboxylic acids is 1. The fraction of sp³-hybridized carbons (Fsp3) is 0.353. The third kappa shape index (κ3) is 4.03. The van der Waals surface area contributed by atoms with Gasteiger partial charge in [0.2, 0.25) is 0 Å². The van der Waals surface area contributed by atoms with Crippen molar-refractivity contribution >= 4 is 17.4 Å². The van der Waals surface area contributed by atoms with Crippen molar-refractivity contribution in [3.8, 4) is 0 Å². The lowest BCUT2D eigenvalue weighted by Crippen LogP contribution is -2.25. The quantitative estimate of drug-likeness (QED) is 0.945. The molecule has 1 aliphatic rings. The first kappa shape index (κ1) is 15.4. The number of halogens is 1. The highest BCUT2D eigenvalue weighted by atomic mass is 19.1. The SMILES string of the molecule is O=C(Nc1ccc(F)cc1)c1cnc(N2CCCCCC2)cn1. The van der Waals surface area contributed by atoms with Gasteiger partial charge in [-0.15, -0.1) is 0 Å². The summed E-state index contributed by atoms with van der Waals surface area (Å²) in [6.45, 7) is 1.96. The number of aromatic nitrogens is 2. The molecule has 6 heteroatoms. The van der Waals surface area contributed by atoms with Crippen LogP contribution in [0.3, 0.4) is 0 Å². The molecule has 0 atom stereocenters. The van der Waals surface area contributed by atoms with E-state index in [1.165, 1.54) is 43.3 Å². The molecule has 2 aromatic rings. The van der Waals surface area contributed by atoms with Gasteiger partial charge in [-0.05, 0) is 37.1 Å². The van der Waals surface area contributed by atoms with Crippen molar-refractivity contribution in [2.24, 2.45) is 0 Å². The van der Waals surface area contributed by atoms with Crippen LogP contribution in [0, 0.1) is 5.82 Å². The molecule has 23 heavy (non-hydrogen) atoms. The molecule has 0 bridgehead atoms. The summed E-state index contributed by atoms with van der Waals surface area (Å²) in [6, 6.07) is 5.60. The van der Waals surface area contributed by atoms with Crippen LogP contribution >= 0.6 is 0 Å². The van der Waals surface area contributed by atoms with E-state index >= 15 is 0 Å². The summed E-state index contributed by atoms with van der Waals surface area (Å²) in [5.74, 6) is 0.112. The molecule has 1 saturated heterocycles. The number of nitrogens with one attached hydrogen (secondary N) is 1. The van der Waals surface area contributed by atoms with E-state index in [1.54, 1.807) is 6.20 Å². The lowest BCUT2D eigenvalue weighted by atomic mass is 10.2. The molecule has 1 aromatic heterocycles. The Labute approximate surface area is 134 Å². The lowest BCUT2D eigenvalue weighted by Gasteiger charge is -2.20. The molecule has 1 fully saturated rings. The molecule has 0 aliphatic carbocycles. The molecule has 0 saturated carbocycles. The smallest absolute Gasteiger partial charge is 0.275 e. The molecule has 0 radical (unpaired) electrons. The first-order chi connectivity index (χ1) is 11.2. The fourth-order valence-corrected chi connectivity index (χ4v) is 2.63. The molecule has 1 N–H and O–H groups in total. The lowest BCUT2D eigenvalue weighted by molar-refractivity contribution is 0.102. The largest absolute Gasteiger partial charge is 0.355 e. The minimum atomic E-state index is -0.355. The highest BCUT2D eigenvalue weighted by Crippen LogP contribution is 2.16. The molecule has 120 valence electrons. The van der Waals surface area contributed by atoms with Gasteiger partial charge in [0.1, 0.15) is 17.3 Å². The van der Waals surface area contributed by atoms with E-state index in [9.17, 15) is 9.18 Å². The van der Waals surface area contributed by atoms with Gasteiger partial charge in [-0.25, -0.2) is 14.4 Å². The Hall–Kier alpha value is -2.50. The topological polar surface area (TPSA) is 58.1 Å². The second kappa shape index (κ2) is 7.17. The zero-order valence-electron chi connectivity index (χ0n) is 12.8. The van der Waals surface area contributed by atoms with Crippen molar-refractivity contribution in [2.75, 3.05) is 23.3 Å². The molecular formula is C17H19FN4O. The van der Waals surface area contributed by atoms with Crippen LogP contribution in [0.1, 0.15) is 36.2 Å². The van der Waals surface area contributed by atoms with Gasteiger partial charge in [0.15, 0.2) is 0 Å². The van der Waals surface area contributed by atoms with Crippen molar-refractivity contribution in [1.82, 2.24) is 9.97 Å². The third-order valence-electron chi connectivity index (χ3n) is 3.90. The minimum Gasteiger partial charge on any atom is -0.355 e. The second-order valence-corrected chi connectivity index (χ2v) is 5.62. The van der Waals surface area contributed by atoms with Crippen LogP contribution in [0.5, 0.6) is 0 Å². The molecule has 1 aliphatic heterocycles. The summed E-state index contributed by atoms with van der Waals surface area (Å²) in [5, 5.41) is 2.67. The van der Waals surface area contributed by atoms with Crippen molar-refractivity contribution in [3.05, 3.63) is 48.2 Å². The maximum Gasteiger partial charge on any atom is 0.275 e. The van der Waals surface area contributed by atoms with Gasteiger partial charge in [-0.2, -0.15) is 0 Å². The van der Waals surface area contributed by atoms with E-state index in [0.717, 1.165) is 31.7 Å². The molecule has 0 spiro atoms. The van der Waals surface area contributed by atoms with Crippen LogP contribution in [-0.2, 0) is 0 Å². The van der Waals surface area contributed by atoms with Gasteiger partial charge in [0.25, 0.3) is 5.91 Å². The molecule has 1 aromatic carbocycles. The summed E-state index contributed by atoms with van der Waals surface area (Å²) < 4.78 is 12.9. The van der Waals surface area contributed by atoms with Gasteiger partial charge in [-0.1, -0.05) is 12.8 Å². The Morgan fingerprint density at radius 2 is 1.70 bits per heavy atom. The predicted octanol–water partition coefficient (Wildman–Crippen LogP) is 3.25. The Morgan fingerprint density at radius 1 is 1.00 bits per heavy atom. The van der Waals surface area contributed by atoms with Crippen LogP contribution in [0.2, 0.25) is 0 Å². The van der Waals surface area contributed by atoms with Crippen LogP contribution < -0.4 is 10.2 Å². The first-order valence-electron chi connectivity index (χ1n) is 7.86. The van der Waals surface area contributed by atoms with Crippen molar-refractivity contribution in [2.45, 2.75) is 25.7 Å². The van der Waals surface area contributed by atoms with E-state index in [4.69, 9.17) is 0 Å². The maximum atomic E-state index is 12.9. The number of carbonyl (C=O) groups is 1. The normalized spacial score (nSPS) is 15.1. The highest BCUT2D eigenvalue weighted by molar-refractivity contribution is 6.02. The van der Waals surface area contributed by atoms with Crippen molar-refractivity contribution in [1.29, 1.82) is 0 Å². The van der Waals surface area contributed by atoms with Crippen LogP contribution in [0.15, 0.2) is 36.7 Å². The standard InChI is InChI=1S/C17H19FN4O/c18-13-5-7-14(8-6-13)21-17(23)15-11-20-16(12-19-15)22-9-3-1-2-4-10-22/h5-8,11-12H,1-4,9-10H2,(H,21,23). The number of hydrogen-bond donors (Lipinski definition) is 1. The summed E-state index contributed by atoms with van der Waals surface area (Å²) >= 11 is 0. The molecule has 3 rings (SSSR count). The van der Waals surface area contributed by atoms with E-state index in [1.807, 2.05) is 0 Å². The van der Waals surface area contributed by atoms with Gasteiger partial charge in [0.05, 0.1) is 12.4 Å². The molecule has 0 unspecified atom stereocenters. The number of benzene rings is 1. The van der Waals surface area contributed by atoms with Gasteiger partial charge >= 0.3 is 0 Å². The average molecular weight is 314 g/mol. The Bertz CT molecular complexity index is 649. The Kier molecular flexibility index (Phi) is 4.80. The number of amides is 1. The van der Waals surface area contributed by atoms with Crippen LogP contribution in [0.4, 0.5) is 15.9 Å². The monoisotopic (exact) mass is 314 g/mol. The van der Waals surface area contributed by atoms with E-state index in [2.05, 4.69) is 20.2 Å². The van der Waals surface area contributed by atoms with Crippen molar-refractivity contribution < 1.29 is 9.18 Å². The zero-order chi connectivity index (χ0) is 16.1. The summed E-state index contributed by atoms with van der Waals surface area (Å²) in [7, 11) is 0. The van der Waals surface area contributed by atoms with Gasteiger partial charge in [0, 0.05) is 18.8 Å². The van der Waals surface area contributed by atoms with E-state index in [-0.39, 0.29) is 17.4 Å². The molecule has 2 heterocycles. The van der Waals surface area contributed by atoms with E-state index in [0.29, 0.717) is 5.69 Å². The predicted molar refractivity (Wildman–Crippen MR) is 87.1 cm³/mol. The third-order valence-corrected chi connectivity index (χ3v) is 3.90. The van der Waals surface area contributed by atoms with Crippen molar-refractivity contribution in [3.63, 3.8) is 0 Å². The zero-order valence-corrected chi connectivity index (χ0v) is 12.8. The number of nitrogens with zero attached hydrogens (tertiary/aromatic N) is 3. The second-order valence-electron chi connectivity index (χ2n) is 5.62. The Balaban J connectivity index is 1.66. The molecule has 5 nitrogen and oxygen atoms in total. The summed E-state index contributed by atoms with van der Waals surface area (Å²) in [6.07, 6.45) is 7.96. The summed E-state index contributed by atoms with van der Waals surface area (Å²) in [4.78, 5) is 22.9. The maximum absolute atomic E-state index is 12.9. The first-order valence-corrected chi connectivity index (χ1v) is 7.86.